The molecule has 23 heavy (non-hydrogen) atoms. The first-order chi connectivity index (χ1) is 11.1. The number of fused-ring (bicyclic) bond motifs is 1. The largest absolute Gasteiger partial charge is 0.454 e. The van der Waals surface area contributed by atoms with E-state index in [9.17, 15) is 4.79 Å². The van der Waals surface area contributed by atoms with Crippen molar-refractivity contribution in [3.8, 4) is 11.5 Å². The lowest BCUT2D eigenvalue weighted by atomic mass is 10.2. The van der Waals surface area contributed by atoms with Gasteiger partial charge < -0.3 is 20.1 Å². The van der Waals surface area contributed by atoms with Crippen LogP contribution < -0.4 is 20.1 Å². The number of amides is 1. The second-order valence-electron chi connectivity index (χ2n) is 4.94. The zero-order chi connectivity index (χ0) is 16.2. The summed E-state index contributed by atoms with van der Waals surface area (Å²) in [6.07, 6.45) is 0. The van der Waals surface area contributed by atoms with E-state index in [4.69, 9.17) is 32.7 Å². The van der Waals surface area contributed by atoms with Gasteiger partial charge in [-0.25, -0.2) is 0 Å². The van der Waals surface area contributed by atoms with E-state index >= 15 is 0 Å². The average Bonchev–Trinajstić information content (AvgIpc) is 3.01. The molecule has 0 atom stereocenters. The molecule has 1 amide bonds. The topological polar surface area (TPSA) is 59.6 Å². The van der Waals surface area contributed by atoms with Crippen LogP contribution in [0.1, 0.15) is 5.56 Å². The minimum Gasteiger partial charge on any atom is -0.454 e. The molecule has 120 valence electrons. The average molecular weight is 353 g/mol. The maximum Gasteiger partial charge on any atom is 0.239 e. The van der Waals surface area contributed by atoms with Crippen molar-refractivity contribution in [2.45, 2.75) is 6.54 Å². The minimum absolute atomic E-state index is 0.102. The lowest BCUT2D eigenvalue weighted by Gasteiger charge is -2.10. The Morgan fingerprint density at radius 3 is 2.78 bits per heavy atom. The molecular formula is C16H14Cl2N2O3. The lowest BCUT2D eigenvalue weighted by molar-refractivity contribution is -0.119. The van der Waals surface area contributed by atoms with Crippen molar-refractivity contribution in [3.05, 3.63) is 52.0 Å². The van der Waals surface area contributed by atoms with E-state index in [2.05, 4.69) is 10.6 Å². The first-order valence-corrected chi connectivity index (χ1v) is 7.71. The number of halogens is 2. The van der Waals surface area contributed by atoms with Crippen LogP contribution in [0.5, 0.6) is 11.5 Å². The second kappa shape index (κ2) is 6.98. The third kappa shape index (κ3) is 4.00. The molecule has 0 aliphatic carbocycles. The molecule has 1 aliphatic rings. The molecule has 2 N–H and O–H groups in total. The highest BCUT2D eigenvalue weighted by molar-refractivity contribution is 6.35. The van der Waals surface area contributed by atoms with Gasteiger partial charge in [0.05, 0.1) is 17.3 Å². The zero-order valence-electron chi connectivity index (χ0n) is 12.1. The van der Waals surface area contributed by atoms with Gasteiger partial charge in [0.2, 0.25) is 12.7 Å². The molecule has 0 fully saturated rings. The van der Waals surface area contributed by atoms with E-state index in [1.165, 1.54) is 0 Å². The number of anilines is 1. The van der Waals surface area contributed by atoms with Crippen LogP contribution >= 0.6 is 23.2 Å². The molecular weight excluding hydrogens is 339 g/mol. The normalized spacial score (nSPS) is 12.1. The molecule has 0 unspecified atom stereocenters. The van der Waals surface area contributed by atoms with E-state index in [1.54, 1.807) is 18.2 Å². The Balaban J connectivity index is 1.51. The van der Waals surface area contributed by atoms with Crippen LogP contribution in [-0.4, -0.2) is 19.2 Å². The van der Waals surface area contributed by atoms with Gasteiger partial charge in [-0.1, -0.05) is 29.3 Å². The van der Waals surface area contributed by atoms with Gasteiger partial charge in [-0.2, -0.15) is 0 Å². The molecule has 0 spiro atoms. The Hall–Kier alpha value is -2.11. The van der Waals surface area contributed by atoms with Crippen molar-refractivity contribution >= 4 is 34.8 Å². The van der Waals surface area contributed by atoms with Gasteiger partial charge >= 0.3 is 0 Å². The van der Waals surface area contributed by atoms with Gasteiger partial charge in [0.25, 0.3) is 0 Å². The van der Waals surface area contributed by atoms with Crippen molar-refractivity contribution in [3.63, 3.8) is 0 Å². The molecule has 0 saturated carbocycles. The summed E-state index contributed by atoms with van der Waals surface area (Å²) in [5, 5.41) is 6.84. The van der Waals surface area contributed by atoms with Gasteiger partial charge in [0.15, 0.2) is 11.5 Å². The molecule has 2 aromatic carbocycles. The Morgan fingerprint density at radius 1 is 1.09 bits per heavy atom. The smallest absolute Gasteiger partial charge is 0.239 e. The van der Waals surface area contributed by atoms with E-state index in [-0.39, 0.29) is 19.2 Å². The third-order valence-electron chi connectivity index (χ3n) is 3.29. The molecule has 3 rings (SSSR count). The summed E-state index contributed by atoms with van der Waals surface area (Å²) in [5.74, 6) is 1.26. The van der Waals surface area contributed by atoms with Crippen molar-refractivity contribution < 1.29 is 14.3 Å². The van der Waals surface area contributed by atoms with Gasteiger partial charge in [-0.15, -0.1) is 0 Å². The summed E-state index contributed by atoms with van der Waals surface area (Å²) < 4.78 is 10.5. The number of carbonyl (C=O) groups excluding carboxylic acids is 1. The van der Waals surface area contributed by atoms with E-state index < -0.39 is 0 Å². The summed E-state index contributed by atoms with van der Waals surface area (Å²) in [7, 11) is 0. The van der Waals surface area contributed by atoms with Gasteiger partial charge in [-0.05, 0) is 35.9 Å². The highest BCUT2D eigenvalue weighted by Gasteiger charge is 2.13. The Kier molecular flexibility index (Phi) is 4.79. The fraction of sp³-hybridized carbons (Fsp3) is 0.188. The number of carbonyl (C=O) groups is 1. The van der Waals surface area contributed by atoms with E-state index in [0.29, 0.717) is 28.0 Å². The molecule has 0 bridgehead atoms. The molecule has 0 radical (unpaired) electrons. The standard InChI is InChI=1S/C16H14Cl2N2O3/c17-11-2-3-12(18)13(6-11)19-8-16(21)20-7-10-1-4-14-15(5-10)23-9-22-14/h1-6,19H,7-9H2,(H,20,21). The van der Waals surface area contributed by atoms with Crippen LogP contribution in [0.15, 0.2) is 36.4 Å². The van der Waals surface area contributed by atoms with Gasteiger partial charge in [0.1, 0.15) is 0 Å². The summed E-state index contributed by atoms with van der Waals surface area (Å²) >= 11 is 11.9. The Bertz CT molecular complexity index is 737. The summed E-state index contributed by atoms with van der Waals surface area (Å²) in [4.78, 5) is 11.9. The van der Waals surface area contributed by atoms with Crippen LogP contribution in [0.4, 0.5) is 5.69 Å². The molecule has 7 heteroatoms. The lowest BCUT2D eigenvalue weighted by Crippen LogP contribution is -2.29. The van der Waals surface area contributed by atoms with Crippen LogP contribution in [0.3, 0.4) is 0 Å². The van der Waals surface area contributed by atoms with E-state index in [0.717, 1.165) is 11.3 Å². The number of nitrogens with one attached hydrogen (secondary N) is 2. The van der Waals surface area contributed by atoms with Gasteiger partial charge in [0, 0.05) is 11.6 Å². The fourth-order valence-corrected chi connectivity index (χ4v) is 2.48. The van der Waals surface area contributed by atoms with E-state index in [1.807, 2.05) is 18.2 Å². The number of hydrogen-bond donors (Lipinski definition) is 2. The summed E-state index contributed by atoms with van der Waals surface area (Å²) in [6, 6.07) is 10.6. The van der Waals surface area contributed by atoms with Crippen LogP contribution in [0, 0.1) is 0 Å². The van der Waals surface area contributed by atoms with Crippen molar-refractivity contribution in [1.82, 2.24) is 5.32 Å². The minimum atomic E-state index is -0.154. The Morgan fingerprint density at radius 2 is 1.91 bits per heavy atom. The number of ether oxygens (including phenoxy) is 2. The number of hydrogen-bond acceptors (Lipinski definition) is 4. The quantitative estimate of drug-likeness (QED) is 0.865. The molecule has 0 aromatic heterocycles. The maximum atomic E-state index is 11.9. The molecule has 2 aromatic rings. The summed E-state index contributed by atoms with van der Waals surface area (Å²) in [6.45, 7) is 0.737. The molecule has 1 aliphatic heterocycles. The number of benzene rings is 2. The number of rotatable bonds is 5. The molecule has 5 nitrogen and oxygen atoms in total. The first-order valence-electron chi connectivity index (χ1n) is 6.96. The predicted molar refractivity (Wildman–Crippen MR) is 89.4 cm³/mol. The molecule has 0 saturated heterocycles. The zero-order valence-corrected chi connectivity index (χ0v) is 13.6. The van der Waals surface area contributed by atoms with Crippen LogP contribution in [0.2, 0.25) is 10.0 Å². The summed E-state index contributed by atoms with van der Waals surface area (Å²) in [5.41, 5.74) is 1.56. The second-order valence-corrected chi connectivity index (χ2v) is 5.79. The highest BCUT2D eigenvalue weighted by atomic mass is 35.5. The van der Waals surface area contributed by atoms with Gasteiger partial charge in [-0.3, -0.25) is 4.79 Å². The Labute approximate surface area is 143 Å². The highest BCUT2D eigenvalue weighted by Crippen LogP contribution is 2.32. The van der Waals surface area contributed by atoms with Crippen molar-refractivity contribution in [2.75, 3.05) is 18.7 Å². The van der Waals surface area contributed by atoms with Crippen molar-refractivity contribution in [1.29, 1.82) is 0 Å². The fourth-order valence-electron chi connectivity index (χ4n) is 2.12. The van der Waals surface area contributed by atoms with Crippen LogP contribution in [-0.2, 0) is 11.3 Å². The van der Waals surface area contributed by atoms with Crippen LogP contribution in [0.25, 0.3) is 0 Å². The monoisotopic (exact) mass is 352 g/mol. The predicted octanol–water partition coefficient (Wildman–Crippen LogP) is 3.45. The maximum absolute atomic E-state index is 11.9. The third-order valence-corrected chi connectivity index (χ3v) is 3.86. The first kappa shape index (κ1) is 15.8. The molecule has 1 heterocycles. The SMILES string of the molecule is O=C(CNc1cc(Cl)ccc1Cl)NCc1ccc2c(c1)OCO2. The van der Waals surface area contributed by atoms with Crippen molar-refractivity contribution in [2.24, 2.45) is 0 Å².